The number of amides is 3. The van der Waals surface area contributed by atoms with Gasteiger partial charge in [0.25, 0.3) is 0 Å². The van der Waals surface area contributed by atoms with Gasteiger partial charge in [-0.15, -0.1) is 0 Å². The van der Waals surface area contributed by atoms with E-state index in [9.17, 15) is 19.2 Å². The lowest BCUT2D eigenvalue weighted by Gasteiger charge is -2.29. The van der Waals surface area contributed by atoms with E-state index in [1.54, 1.807) is 0 Å². The molecule has 3 atom stereocenters. The molecule has 1 aliphatic carbocycles. The second-order valence-electron chi connectivity index (χ2n) is 6.67. The van der Waals surface area contributed by atoms with Gasteiger partial charge < -0.3 is 16.4 Å². The van der Waals surface area contributed by atoms with Gasteiger partial charge in [0.2, 0.25) is 17.7 Å². The van der Waals surface area contributed by atoms with Gasteiger partial charge in [0.05, 0.1) is 0 Å². The molecule has 0 aromatic rings. The van der Waals surface area contributed by atoms with Crippen LogP contribution in [-0.2, 0) is 19.2 Å². The van der Waals surface area contributed by atoms with E-state index in [4.69, 9.17) is 5.73 Å². The molecule has 0 radical (unpaired) electrons. The van der Waals surface area contributed by atoms with Gasteiger partial charge in [-0.2, -0.15) is 0 Å². The van der Waals surface area contributed by atoms with Crippen LogP contribution in [0.5, 0.6) is 0 Å². The molecule has 1 aliphatic rings. The number of hydrogen-bond donors (Lipinski definition) is 3. The maximum absolute atomic E-state index is 12.4. The summed E-state index contributed by atoms with van der Waals surface area (Å²) < 4.78 is 0. The average molecular weight is 325 g/mol. The van der Waals surface area contributed by atoms with Crippen molar-refractivity contribution in [3.8, 4) is 0 Å². The minimum atomic E-state index is -0.879. The molecule has 1 fully saturated rings. The molecule has 4 N–H and O–H groups in total. The number of ketones is 1. The molecular formula is C16H27N3O4. The molecule has 7 nitrogen and oxygen atoms in total. The molecule has 1 rings (SSSR count). The molecule has 0 bridgehead atoms. The normalized spacial score (nSPS) is 20.7. The van der Waals surface area contributed by atoms with Gasteiger partial charge in [-0.1, -0.05) is 13.8 Å². The van der Waals surface area contributed by atoms with Gasteiger partial charge in [0, 0.05) is 19.8 Å². The number of hydrogen-bond acceptors (Lipinski definition) is 4. The second kappa shape index (κ2) is 8.64. The summed E-state index contributed by atoms with van der Waals surface area (Å²) in [5.74, 6) is -1.38. The number of rotatable bonds is 7. The topological polar surface area (TPSA) is 118 Å². The zero-order valence-electron chi connectivity index (χ0n) is 14.1. The van der Waals surface area contributed by atoms with Gasteiger partial charge in [-0.25, -0.2) is 0 Å². The SMILES string of the molecule is CC(=O)N[C@@H](CC(C)C)C(=O)N[C@H](C(N)=O)[C@@H]1CCCC(=O)C1. The molecule has 0 spiro atoms. The largest absolute Gasteiger partial charge is 0.368 e. The van der Waals surface area contributed by atoms with E-state index in [0.29, 0.717) is 25.7 Å². The lowest BCUT2D eigenvalue weighted by Crippen LogP contribution is -2.56. The van der Waals surface area contributed by atoms with Gasteiger partial charge in [-0.3, -0.25) is 19.2 Å². The number of carbonyl (C=O) groups is 4. The molecule has 0 unspecified atom stereocenters. The molecule has 7 heteroatoms. The van der Waals surface area contributed by atoms with Crippen LogP contribution >= 0.6 is 0 Å². The highest BCUT2D eigenvalue weighted by atomic mass is 16.2. The fourth-order valence-corrected chi connectivity index (χ4v) is 2.97. The fraction of sp³-hybridized carbons (Fsp3) is 0.750. The molecule has 1 saturated carbocycles. The third-order valence-electron chi connectivity index (χ3n) is 4.00. The summed E-state index contributed by atoms with van der Waals surface area (Å²) in [6.45, 7) is 5.22. The van der Waals surface area contributed by atoms with Crippen LogP contribution in [0.15, 0.2) is 0 Å². The maximum Gasteiger partial charge on any atom is 0.243 e. The van der Waals surface area contributed by atoms with E-state index >= 15 is 0 Å². The first kappa shape index (κ1) is 19.1. The third-order valence-corrected chi connectivity index (χ3v) is 4.00. The predicted octanol–water partition coefficient (Wildman–Crippen LogP) is 0.267. The fourth-order valence-electron chi connectivity index (χ4n) is 2.97. The zero-order valence-corrected chi connectivity index (χ0v) is 14.1. The Balaban J connectivity index is 2.79. The summed E-state index contributed by atoms with van der Waals surface area (Å²) in [4.78, 5) is 47.0. The van der Waals surface area contributed by atoms with Crippen LogP contribution in [0.2, 0.25) is 0 Å². The lowest BCUT2D eigenvalue weighted by molar-refractivity contribution is -0.133. The first-order chi connectivity index (χ1) is 10.7. The van der Waals surface area contributed by atoms with Crippen LogP contribution in [0.3, 0.4) is 0 Å². The van der Waals surface area contributed by atoms with Gasteiger partial charge in [0.1, 0.15) is 17.9 Å². The van der Waals surface area contributed by atoms with Crippen molar-refractivity contribution in [1.29, 1.82) is 0 Å². The van der Waals surface area contributed by atoms with Gasteiger partial charge in [-0.05, 0) is 31.1 Å². The Morgan fingerprint density at radius 1 is 1.26 bits per heavy atom. The Morgan fingerprint density at radius 2 is 1.91 bits per heavy atom. The van der Waals surface area contributed by atoms with Crippen molar-refractivity contribution in [2.75, 3.05) is 0 Å². The first-order valence-corrected chi connectivity index (χ1v) is 8.09. The number of carbonyl (C=O) groups excluding carboxylic acids is 4. The van der Waals surface area contributed by atoms with E-state index in [-0.39, 0.29) is 29.9 Å². The van der Waals surface area contributed by atoms with Gasteiger partial charge in [0.15, 0.2) is 0 Å². The van der Waals surface area contributed by atoms with Crippen LogP contribution < -0.4 is 16.4 Å². The molecule has 3 amide bonds. The number of nitrogens with two attached hydrogens (primary N) is 1. The zero-order chi connectivity index (χ0) is 17.6. The van der Waals surface area contributed by atoms with Crippen molar-refractivity contribution < 1.29 is 19.2 Å². The minimum absolute atomic E-state index is 0.0855. The van der Waals surface area contributed by atoms with Crippen molar-refractivity contribution in [3.05, 3.63) is 0 Å². The Bertz CT molecular complexity index is 476. The third kappa shape index (κ3) is 6.38. The highest BCUT2D eigenvalue weighted by Crippen LogP contribution is 2.24. The van der Waals surface area contributed by atoms with Crippen molar-refractivity contribution in [2.45, 2.75) is 65.0 Å². The van der Waals surface area contributed by atoms with Crippen molar-refractivity contribution in [2.24, 2.45) is 17.6 Å². The molecular weight excluding hydrogens is 298 g/mol. The monoisotopic (exact) mass is 325 g/mol. The highest BCUT2D eigenvalue weighted by Gasteiger charge is 2.33. The van der Waals surface area contributed by atoms with Crippen LogP contribution in [0, 0.1) is 11.8 Å². The second-order valence-corrected chi connectivity index (χ2v) is 6.67. The van der Waals surface area contributed by atoms with E-state index in [1.165, 1.54) is 6.92 Å². The van der Waals surface area contributed by atoms with E-state index in [1.807, 2.05) is 13.8 Å². The van der Waals surface area contributed by atoms with Gasteiger partial charge >= 0.3 is 0 Å². The summed E-state index contributed by atoms with van der Waals surface area (Å²) >= 11 is 0. The standard InChI is InChI=1S/C16H27N3O4/c1-9(2)7-13(18-10(3)20)16(23)19-14(15(17)22)11-5-4-6-12(21)8-11/h9,11,13-14H,4-8H2,1-3H3,(H2,17,22)(H,18,20)(H,19,23)/t11-,13+,14+/m1/s1. The summed E-state index contributed by atoms with van der Waals surface area (Å²) in [5.41, 5.74) is 5.41. The molecule has 0 saturated heterocycles. The Morgan fingerprint density at radius 3 is 2.39 bits per heavy atom. The molecule has 0 aromatic carbocycles. The van der Waals surface area contributed by atoms with Crippen molar-refractivity contribution in [1.82, 2.24) is 10.6 Å². The Kier molecular flexibility index (Phi) is 7.19. The van der Waals surface area contributed by atoms with Crippen LogP contribution in [0.1, 0.15) is 52.9 Å². The lowest BCUT2D eigenvalue weighted by atomic mass is 9.82. The Hall–Kier alpha value is -1.92. The summed E-state index contributed by atoms with van der Waals surface area (Å²) in [5, 5.41) is 5.23. The van der Waals surface area contributed by atoms with Crippen molar-refractivity contribution >= 4 is 23.5 Å². The summed E-state index contributed by atoms with van der Waals surface area (Å²) in [6.07, 6.45) is 2.60. The highest BCUT2D eigenvalue weighted by molar-refractivity contribution is 5.92. The minimum Gasteiger partial charge on any atom is -0.368 e. The predicted molar refractivity (Wildman–Crippen MR) is 85.1 cm³/mol. The van der Waals surface area contributed by atoms with E-state index in [0.717, 1.165) is 0 Å². The maximum atomic E-state index is 12.4. The first-order valence-electron chi connectivity index (χ1n) is 8.09. The van der Waals surface area contributed by atoms with E-state index < -0.39 is 23.9 Å². The van der Waals surface area contributed by atoms with Crippen molar-refractivity contribution in [3.63, 3.8) is 0 Å². The number of Topliss-reactive ketones (excluding diaryl/α,β-unsaturated/α-hetero) is 1. The summed E-state index contributed by atoms with van der Waals surface area (Å²) in [6, 6.07) is -1.59. The Labute approximate surface area is 136 Å². The molecule has 130 valence electrons. The summed E-state index contributed by atoms with van der Waals surface area (Å²) in [7, 11) is 0. The average Bonchev–Trinajstić information content (AvgIpc) is 2.42. The number of nitrogens with one attached hydrogen (secondary N) is 2. The van der Waals surface area contributed by atoms with Crippen LogP contribution in [-0.4, -0.2) is 35.6 Å². The molecule has 0 aromatic heterocycles. The smallest absolute Gasteiger partial charge is 0.243 e. The van der Waals surface area contributed by atoms with Crippen LogP contribution in [0.25, 0.3) is 0 Å². The molecule has 23 heavy (non-hydrogen) atoms. The van der Waals surface area contributed by atoms with Crippen LogP contribution in [0.4, 0.5) is 0 Å². The molecule has 0 aliphatic heterocycles. The van der Waals surface area contributed by atoms with E-state index in [2.05, 4.69) is 10.6 Å². The quantitative estimate of drug-likeness (QED) is 0.622. The molecule has 0 heterocycles. The number of primary amides is 1.